The molecule has 0 radical (unpaired) electrons. The smallest absolute Gasteiger partial charge is 0.303 e. The number of carbonyl (C=O) groups is 1. The molecule has 4 fully saturated rings. The minimum atomic E-state index is -0.766. The van der Waals surface area contributed by atoms with Crippen LogP contribution >= 0.6 is 0 Å². The van der Waals surface area contributed by atoms with E-state index >= 15 is 0 Å². The maximum atomic E-state index is 14.0. The van der Waals surface area contributed by atoms with Gasteiger partial charge in [-0.05, 0) is 63.0 Å². The highest BCUT2D eigenvalue weighted by Crippen LogP contribution is 2.44. The normalized spacial score (nSPS) is 29.9. The lowest BCUT2D eigenvalue weighted by Crippen LogP contribution is -2.50. The maximum Gasteiger partial charge on any atom is 0.303 e. The van der Waals surface area contributed by atoms with Gasteiger partial charge in [0.2, 0.25) is 0 Å². The Morgan fingerprint density at radius 2 is 1.58 bits per heavy atom. The van der Waals surface area contributed by atoms with Gasteiger partial charge in [0.15, 0.2) is 5.82 Å². The first-order chi connectivity index (χ1) is 17.6. The van der Waals surface area contributed by atoms with E-state index in [0.29, 0.717) is 31.0 Å². The van der Waals surface area contributed by atoms with Crippen LogP contribution in [0.15, 0.2) is 29.1 Å². The number of aromatic nitrogens is 2. The lowest BCUT2D eigenvalue weighted by Gasteiger charge is -2.45. The third kappa shape index (κ3) is 4.55. The van der Waals surface area contributed by atoms with Crippen molar-refractivity contribution in [1.29, 1.82) is 0 Å². The SMILES string of the molecule is O=C(O)CC1CCN(c2nc3ccccc3n(C3C[C@H]4CC[C@@H](C3)N4C3CCCCCCC3)c2=O)C1. The van der Waals surface area contributed by atoms with Crippen LogP contribution in [0.3, 0.4) is 0 Å². The molecule has 3 aliphatic heterocycles. The van der Waals surface area contributed by atoms with Crippen molar-refractivity contribution in [2.75, 3.05) is 18.0 Å². The Balaban J connectivity index is 1.30. The van der Waals surface area contributed by atoms with Crippen LogP contribution in [0.2, 0.25) is 0 Å². The molecule has 7 nitrogen and oxygen atoms in total. The second-order valence-corrected chi connectivity index (χ2v) is 11.8. The van der Waals surface area contributed by atoms with Crippen molar-refractivity contribution in [2.24, 2.45) is 5.92 Å². The summed E-state index contributed by atoms with van der Waals surface area (Å²) in [4.78, 5) is 35.0. The molecule has 1 N–H and O–H groups in total. The van der Waals surface area contributed by atoms with E-state index in [9.17, 15) is 14.7 Å². The van der Waals surface area contributed by atoms with Gasteiger partial charge < -0.3 is 14.6 Å². The van der Waals surface area contributed by atoms with Crippen LogP contribution in [0.5, 0.6) is 0 Å². The Bertz CT molecular complexity index is 1140. The molecule has 6 rings (SSSR count). The number of piperidine rings is 1. The van der Waals surface area contributed by atoms with Gasteiger partial charge in [0.25, 0.3) is 5.56 Å². The average Bonchev–Trinajstić information content (AvgIpc) is 3.39. The molecule has 4 aliphatic rings. The van der Waals surface area contributed by atoms with Crippen molar-refractivity contribution >= 4 is 22.8 Å². The van der Waals surface area contributed by atoms with Gasteiger partial charge >= 0.3 is 5.97 Å². The van der Waals surface area contributed by atoms with Crippen LogP contribution in [0, 0.1) is 5.92 Å². The fourth-order valence-electron chi connectivity index (χ4n) is 7.87. The quantitative estimate of drug-likeness (QED) is 0.634. The standard InChI is InChI=1S/C29H40N4O3/c34-27(35)16-20-14-15-31(19-20)28-29(36)33(26-11-7-6-10-25(26)30-28)24-17-22-12-13-23(18-24)32(22)21-8-4-2-1-3-5-9-21/h6-7,10-11,20-24H,1-5,8-9,12-19H2,(H,34,35)/t20?,22-,23+,24?. The number of nitrogens with zero attached hydrogens (tertiary/aromatic N) is 4. The number of benzene rings is 1. The molecule has 194 valence electrons. The number of anilines is 1. The summed E-state index contributed by atoms with van der Waals surface area (Å²) in [5, 5.41) is 9.24. The molecular formula is C29H40N4O3. The van der Waals surface area contributed by atoms with E-state index in [1.54, 1.807) is 0 Å². The van der Waals surface area contributed by atoms with Crippen molar-refractivity contribution < 1.29 is 9.90 Å². The van der Waals surface area contributed by atoms with Gasteiger partial charge in [0, 0.05) is 43.7 Å². The lowest BCUT2D eigenvalue weighted by atomic mass is 9.89. The summed E-state index contributed by atoms with van der Waals surface area (Å²) < 4.78 is 2.07. The van der Waals surface area contributed by atoms with Crippen molar-refractivity contribution in [3.05, 3.63) is 34.6 Å². The number of carboxylic acid groups (broad SMARTS) is 1. The van der Waals surface area contributed by atoms with Crippen molar-refractivity contribution in [3.8, 4) is 0 Å². The van der Waals surface area contributed by atoms with Gasteiger partial charge in [-0.2, -0.15) is 0 Å². The highest BCUT2D eigenvalue weighted by molar-refractivity contribution is 5.76. The van der Waals surface area contributed by atoms with Gasteiger partial charge in [-0.25, -0.2) is 4.98 Å². The van der Waals surface area contributed by atoms with E-state index < -0.39 is 5.97 Å². The van der Waals surface area contributed by atoms with Crippen LogP contribution in [-0.4, -0.2) is 56.7 Å². The van der Waals surface area contributed by atoms with Crippen molar-refractivity contribution in [1.82, 2.24) is 14.5 Å². The first-order valence-electron chi connectivity index (χ1n) is 14.3. The molecule has 2 bridgehead atoms. The fraction of sp³-hybridized carbons (Fsp3) is 0.690. The Morgan fingerprint density at radius 3 is 2.31 bits per heavy atom. The molecule has 2 aromatic rings. The van der Waals surface area contributed by atoms with Gasteiger partial charge in [-0.1, -0.05) is 44.2 Å². The Morgan fingerprint density at radius 1 is 0.889 bits per heavy atom. The predicted octanol–water partition coefficient (Wildman–Crippen LogP) is 4.98. The summed E-state index contributed by atoms with van der Waals surface area (Å²) in [7, 11) is 0. The molecule has 1 aromatic heterocycles. The first-order valence-corrected chi connectivity index (χ1v) is 14.3. The third-order valence-corrected chi connectivity index (χ3v) is 9.45. The van der Waals surface area contributed by atoms with Gasteiger partial charge in [0.1, 0.15) is 0 Å². The van der Waals surface area contributed by atoms with Crippen LogP contribution in [0.1, 0.15) is 89.5 Å². The second-order valence-electron chi connectivity index (χ2n) is 11.8. The fourth-order valence-corrected chi connectivity index (χ4v) is 7.87. The minimum Gasteiger partial charge on any atom is -0.481 e. The van der Waals surface area contributed by atoms with E-state index in [4.69, 9.17) is 4.98 Å². The molecule has 7 heteroatoms. The molecule has 36 heavy (non-hydrogen) atoms. The lowest BCUT2D eigenvalue weighted by molar-refractivity contribution is -0.137. The highest BCUT2D eigenvalue weighted by atomic mass is 16.4. The minimum absolute atomic E-state index is 0.00785. The molecule has 0 spiro atoms. The number of hydrogen-bond acceptors (Lipinski definition) is 5. The zero-order chi connectivity index (χ0) is 24.6. The monoisotopic (exact) mass is 492 g/mol. The van der Waals surface area contributed by atoms with Crippen molar-refractivity contribution in [3.63, 3.8) is 0 Å². The number of rotatable bonds is 5. The van der Waals surface area contributed by atoms with Gasteiger partial charge in [-0.3, -0.25) is 14.5 Å². The van der Waals surface area contributed by atoms with Crippen molar-refractivity contribution in [2.45, 2.75) is 108 Å². The first kappa shape index (κ1) is 24.0. The topological polar surface area (TPSA) is 78.7 Å². The molecular weight excluding hydrogens is 452 g/mol. The Hall–Kier alpha value is -2.41. The predicted molar refractivity (Wildman–Crippen MR) is 142 cm³/mol. The van der Waals surface area contributed by atoms with Gasteiger partial charge in [-0.15, -0.1) is 0 Å². The molecule has 0 amide bonds. The largest absolute Gasteiger partial charge is 0.481 e. The number of para-hydroxylation sites is 2. The third-order valence-electron chi connectivity index (χ3n) is 9.45. The summed E-state index contributed by atoms with van der Waals surface area (Å²) in [6.45, 7) is 1.29. The summed E-state index contributed by atoms with van der Waals surface area (Å²) in [5.74, 6) is -0.180. The van der Waals surface area contributed by atoms with E-state index in [0.717, 1.165) is 36.3 Å². The van der Waals surface area contributed by atoms with E-state index in [1.807, 2.05) is 29.2 Å². The number of hydrogen-bond donors (Lipinski definition) is 1. The molecule has 1 saturated carbocycles. The highest BCUT2D eigenvalue weighted by Gasteiger charge is 2.44. The van der Waals surface area contributed by atoms with E-state index in [2.05, 4.69) is 9.47 Å². The Kier molecular flexibility index (Phi) is 6.76. The zero-order valence-corrected chi connectivity index (χ0v) is 21.4. The Labute approximate surface area is 213 Å². The van der Waals surface area contributed by atoms with Gasteiger partial charge in [0.05, 0.1) is 11.0 Å². The van der Waals surface area contributed by atoms with Crippen LogP contribution in [-0.2, 0) is 4.79 Å². The van der Waals surface area contributed by atoms with E-state index in [-0.39, 0.29) is 23.9 Å². The molecule has 1 aliphatic carbocycles. The summed E-state index contributed by atoms with van der Waals surface area (Å²) in [6, 6.07) is 10.1. The average molecular weight is 493 g/mol. The molecule has 1 aromatic carbocycles. The summed E-state index contributed by atoms with van der Waals surface area (Å²) >= 11 is 0. The number of fused-ring (bicyclic) bond motifs is 3. The molecule has 3 saturated heterocycles. The molecule has 2 unspecified atom stereocenters. The number of carboxylic acids is 1. The second kappa shape index (κ2) is 10.2. The van der Waals surface area contributed by atoms with Crippen LogP contribution < -0.4 is 10.5 Å². The molecule has 4 heterocycles. The molecule has 4 atom stereocenters. The van der Waals surface area contributed by atoms with Crippen LogP contribution in [0.25, 0.3) is 11.0 Å². The summed E-state index contributed by atoms with van der Waals surface area (Å²) in [5.41, 5.74) is 1.81. The zero-order valence-electron chi connectivity index (χ0n) is 21.4. The van der Waals surface area contributed by atoms with Crippen LogP contribution in [0.4, 0.5) is 5.82 Å². The number of aliphatic carboxylic acids is 1. The maximum absolute atomic E-state index is 14.0. The van der Waals surface area contributed by atoms with E-state index in [1.165, 1.54) is 57.8 Å². The summed E-state index contributed by atoms with van der Waals surface area (Å²) in [6.07, 6.45) is 15.1.